The fourth-order valence-corrected chi connectivity index (χ4v) is 2.90. The van der Waals surface area contributed by atoms with Crippen molar-refractivity contribution in [3.8, 4) is 0 Å². The van der Waals surface area contributed by atoms with Crippen molar-refractivity contribution in [1.82, 2.24) is 0 Å². The minimum absolute atomic E-state index is 0.0601. The fraction of sp³-hybridized carbons (Fsp3) is 0.538. The van der Waals surface area contributed by atoms with Crippen LogP contribution in [-0.2, 0) is 9.84 Å². The van der Waals surface area contributed by atoms with Gasteiger partial charge in [0.1, 0.15) is 10.6 Å². The summed E-state index contributed by atoms with van der Waals surface area (Å²) in [5.41, 5.74) is -0.307. The summed E-state index contributed by atoms with van der Waals surface area (Å²) >= 11 is 0. The molecule has 21 heavy (non-hydrogen) atoms. The van der Waals surface area contributed by atoms with Crippen molar-refractivity contribution in [3.05, 3.63) is 28.3 Å². The van der Waals surface area contributed by atoms with Crippen LogP contribution in [0.1, 0.15) is 20.3 Å². The third-order valence-electron chi connectivity index (χ3n) is 3.17. The van der Waals surface area contributed by atoms with Gasteiger partial charge in [0.25, 0.3) is 0 Å². The first kappa shape index (κ1) is 17.4. The molecule has 1 aromatic rings. The number of nitro benzene ring substituents is 1. The monoisotopic (exact) mass is 316 g/mol. The molecular weight excluding hydrogens is 296 g/mol. The second kappa shape index (κ2) is 6.86. The van der Waals surface area contributed by atoms with Gasteiger partial charge in [-0.05, 0) is 24.5 Å². The number of rotatable bonds is 7. The molecule has 0 aliphatic carbocycles. The van der Waals surface area contributed by atoms with Gasteiger partial charge in [-0.1, -0.05) is 19.9 Å². The molecular formula is C13H20N2O5S. The Labute approximate surface area is 124 Å². The van der Waals surface area contributed by atoms with E-state index in [1.165, 1.54) is 18.2 Å². The van der Waals surface area contributed by atoms with E-state index in [9.17, 15) is 18.5 Å². The van der Waals surface area contributed by atoms with Crippen LogP contribution in [0.3, 0.4) is 0 Å². The largest absolute Gasteiger partial charge is 0.396 e. The van der Waals surface area contributed by atoms with Crippen molar-refractivity contribution in [2.45, 2.75) is 31.2 Å². The first-order valence-corrected chi connectivity index (χ1v) is 8.42. The molecule has 0 aliphatic heterocycles. The number of aliphatic hydroxyl groups excluding tert-OH is 1. The van der Waals surface area contributed by atoms with Crippen molar-refractivity contribution in [2.75, 3.05) is 18.2 Å². The lowest BCUT2D eigenvalue weighted by molar-refractivity contribution is -0.386. The molecule has 1 unspecified atom stereocenters. The Bertz CT molecular complexity index is 613. The normalized spacial score (nSPS) is 13.2. The SMILES string of the molecule is CC(C)C(CCO)Nc1cccc(S(C)(=O)=O)c1[N+](=O)[O-]. The summed E-state index contributed by atoms with van der Waals surface area (Å²) in [4.78, 5) is 10.2. The molecule has 1 aromatic carbocycles. The maximum absolute atomic E-state index is 11.7. The van der Waals surface area contributed by atoms with Crippen LogP contribution in [0.4, 0.5) is 11.4 Å². The van der Waals surface area contributed by atoms with Gasteiger partial charge in [-0.25, -0.2) is 8.42 Å². The number of nitrogens with zero attached hydrogens (tertiary/aromatic N) is 1. The Hall–Kier alpha value is -1.67. The van der Waals surface area contributed by atoms with Gasteiger partial charge >= 0.3 is 5.69 Å². The molecule has 0 saturated carbocycles. The van der Waals surface area contributed by atoms with Gasteiger partial charge in [0.05, 0.1) is 4.92 Å². The molecule has 0 saturated heterocycles. The molecule has 0 amide bonds. The van der Waals surface area contributed by atoms with Gasteiger partial charge in [0, 0.05) is 18.9 Å². The summed E-state index contributed by atoms with van der Waals surface area (Å²) in [7, 11) is -3.70. The van der Waals surface area contributed by atoms with Gasteiger partial charge < -0.3 is 10.4 Å². The number of anilines is 1. The number of hydrogen-bond donors (Lipinski definition) is 2. The Morgan fingerprint density at radius 1 is 1.38 bits per heavy atom. The second-order valence-electron chi connectivity index (χ2n) is 5.19. The first-order valence-electron chi connectivity index (χ1n) is 6.53. The number of hydrogen-bond acceptors (Lipinski definition) is 6. The maximum atomic E-state index is 11.7. The van der Waals surface area contributed by atoms with Crippen molar-refractivity contribution in [2.24, 2.45) is 5.92 Å². The van der Waals surface area contributed by atoms with Gasteiger partial charge in [0.15, 0.2) is 9.84 Å². The third-order valence-corrected chi connectivity index (χ3v) is 4.30. The van der Waals surface area contributed by atoms with Crippen molar-refractivity contribution >= 4 is 21.2 Å². The molecule has 1 atom stereocenters. The minimum Gasteiger partial charge on any atom is -0.396 e. The van der Waals surface area contributed by atoms with Crippen LogP contribution in [0, 0.1) is 16.0 Å². The summed E-state index contributed by atoms with van der Waals surface area (Å²) in [5, 5.41) is 23.3. The van der Waals surface area contributed by atoms with Gasteiger partial charge in [-0.3, -0.25) is 10.1 Å². The highest BCUT2D eigenvalue weighted by Crippen LogP contribution is 2.33. The molecule has 8 heteroatoms. The molecule has 0 bridgehead atoms. The Morgan fingerprint density at radius 3 is 2.43 bits per heavy atom. The molecule has 1 rings (SSSR count). The van der Waals surface area contributed by atoms with Gasteiger partial charge in [-0.2, -0.15) is 0 Å². The van der Waals surface area contributed by atoms with Crippen LogP contribution in [0.5, 0.6) is 0 Å². The summed E-state index contributed by atoms with van der Waals surface area (Å²) in [6.07, 6.45) is 1.35. The highest BCUT2D eigenvalue weighted by atomic mass is 32.2. The Kier molecular flexibility index (Phi) is 5.68. The lowest BCUT2D eigenvalue weighted by Crippen LogP contribution is -2.27. The molecule has 0 aliphatic rings. The van der Waals surface area contributed by atoms with Crippen LogP contribution in [-0.4, -0.2) is 37.4 Å². The van der Waals surface area contributed by atoms with E-state index in [1.807, 2.05) is 13.8 Å². The molecule has 0 spiro atoms. The van der Waals surface area contributed by atoms with E-state index in [1.54, 1.807) is 0 Å². The number of benzene rings is 1. The zero-order valence-electron chi connectivity index (χ0n) is 12.2. The number of nitrogens with one attached hydrogen (secondary N) is 1. The second-order valence-corrected chi connectivity index (χ2v) is 7.17. The third kappa shape index (κ3) is 4.40. The molecule has 7 nitrogen and oxygen atoms in total. The summed E-state index contributed by atoms with van der Waals surface area (Å²) in [6.45, 7) is 3.77. The lowest BCUT2D eigenvalue weighted by Gasteiger charge is -2.23. The highest BCUT2D eigenvalue weighted by molar-refractivity contribution is 7.90. The smallest absolute Gasteiger partial charge is 0.310 e. The first-order chi connectivity index (χ1) is 9.68. The Morgan fingerprint density at radius 2 is 2.00 bits per heavy atom. The summed E-state index contributed by atoms with van der Waals surface area (Å²) in [6, 6.07) is 3.96. The van der Waals surface area contributed by atoms with E-state index in [0.717, 1.165) is 6.26 Å². The average Bonchev–Trinajstić information content (AvgIpc) is 2.36. The fourth-order valence-electron chi connectivity index (χ4n) is 2.04. The van der Waals surface area contributed by atoms with E-state index in [-0.39, 0.29) is 29.1 Å². The zero-order valence-corrected chi connectivity index (χ0v) is 13.1. The lowest BCUT2D eigenvalue weighted by atomic mass is 10.0. The van der Waals surface area contributed by atoms with Gasteiger partial charge in [0.2, 0.25) is 0 Å². The molecule has 0 heterocycles. The molecule has 118 valence electrons. The minimum atomic E-state index is -3.70. The van der Waals surface area contributed by atoms with Crippen molar-refractivity contribution in [3.63, 3.8) is 0 Å². The number of aliphatic hydroxyl groups is 1. The molecule has 2 N–H and O–H groups in total. The van der Waals surface area contributed by atoms with Crippen LogP contribution < -0.4 is 5.32 Å². The summed E-state index contributed by atoms with van der Waals surface area (Å²) in [5.74, 6) is 0.124. The number of nitro groups is 1. The topological polar surface area (TPSA) is 110 Å². The van der Waals surface area contributed by atoms with Crippen LogP contribution >= 0.6 is 0 Å². The zero-order chi connectivity index (χ0) is 16.2. The predicted molar refractivity (Wildman–Crippen MR) is 80.2 cm³/mol. The maximum Gasteiger partial charge on any atom is 0.310 e. The van der Waals surface area contributed by atoms with E-state index >= 15 is 0 Å². The van der Waals surface area contributed by atoms with Crippen LogP contribution in [0.2, 0.25) is 0 Å². The summed E-state index contributed by atoms with van der Waals surface area (Å²) < 4.78 is 23.4. The van der Waals surface area contributed by atoms with E-state index in [0.29, 0.717) is 6.42 Å². The van der Waals surface area contributed by atoms with Crippen LogP contribution in [0.25, 0.3) is 0 Å². The van der Waals surface area contributed by atoms with E-state index in [2.05, 4.69) is 5.32 Å². The average molecular weight is 316 g/mol. The molecule has 0 radical (unpaired) electrons. The predicted octanol–water partition coefficient (Wildman–Crippen LogP) is 1.82. The quantitative estimate of drug-likeness (QED) is 0.586. The van der Waals surface area contributed by atoms with E-state index < -0.39 is 20.4 Å². The van der Waals surface area contributed by atoms with E-state index in [4.69, 9.17) is 5.11 Å². The number of para-hydroxylation sites is 1. The van der Waals surface area contributed by atoms with Crippen LogP contribution in [0.15, 0.2) is 23.1 Å². The Balaban J connectivity index is 3.33. The highest BCUT2D eigenvalue weighted by Gasteiger charge is 2.27. The van der Waals surface area contributed by atoms with Gasteiger partial charge in [-0.15, -0.1) is 0 Å². The van der Waals surface area contributed by atoms with Crippen molar-refractivity contribution in [1.29, 1.82) is 0 Å². The molecule has 0 fully saturated rings. The van der Waals surface area contributed by atoms with Crippen molar-refractivity contribution < 1.29 is 18.4 Å². The molecule has 0 aromatic heterocycles. The number of sulfone groups is 1. The standard InChI is InChI=1S/C13H20N2O5S/c1-9(2)10(7-8-16)14-11-5-4-6-12(21(3,19)20)13(11)15(17)18/h4-6,9-10,14,16H,7-8H2,1-3H3.